The third kappa shape index (κ3) is 68.7. The Kier molecular flexibility index (Phi) is 67.2. The molecule has 0 bridgehead atoms. The Hall–Kier alpha value is -3.93. The van der Waals surface area contributed by atoms with Gasteiger partial charge in [0.05, 0.1) is 0 Å². The van der Waals surface area contributed by atoms with Crippen molar-refractivity contribution < 1.29 is 28.6 Å². The Bertz CT molecular complexity index is 1660. The molecule has 0 N–H and O–H groups in total. The van der Waals surface area contributed by atoms with Gasteiger partial charge in [-0.25, -0.2) is 0 Å². The number of rotatable bonds is 64. The molecule has 0 aromatic heterocycles. The highest BCUT2D eigenvalue weighted by atomic mass is 16.6. The Morgan fingerprint density at radius 2 is 0.470 bits per heavy atom. The van der Waals surface area contributed by atoms with Crippen LogP contribution < -0.4 is 0 Å². The molecule has 0 radical (unpaired) electrons. The molecule has 0 aliphatic rings. The van der Waals surface area contributed by atoms with E-state index in [-0.39, 0.29) is 31.1 Å². The van der Waals surface area contributed by atoms with Crippen molar-refractivity contribution in [2.45, 2.75) is 348 Å². The molecular formula is C77H132O6. The molecule has 0 rings (SSSR count). The normalized spacial score (nSPS) is 12.8. The first-order chi connectivity index (χ1) is 41.0. The van der Waals surface area contributed by atoms with Crippen molar-refractivity contribution in [2.24, 2.45) is 0 Å². The molecule has 0 fully saturated rings. The molecule has 0 aromatic rings. The minimum Gasteiger partial charge on any atom is -0.462 e. The summed E-state index contributed by atoms with van der Waals surface area (Å²) in [5.74, 6) is -0.920. The van der Waals surface area contributed by atoms with Gasteiger partial charge < -0.3 is 14.2 Å². The minimum atomic E-state index is -0.797. The summed E-state index contributed by atoms with van der Waals surface area (Å²) in [6.45, 7) is 6.41. The lowest BCUT2D eigenvalue weighted by Gasteiger charge is -2.18. The van der Waals surface area contributed by atoms with Gasteiger partial charge in [-0.3, -0.25) is 14.4 Å². The van der Waals surface area contributed by atoms with Gasteiger partial charge in [0.1, 0.15) is 13.2 Å². The van der Waals surface area contributed by atoms with Crippen molar-refractivity contribution in [1.82, 2.24) is 0 Å². The summed E-state index contributed by atoms with van der Waals surface area (Å²) in [5.41, 5.74) is 0. The van der Waals surface area contributed by atoms with E-state index in [2.05, 4.69) is 130 Å². The number of hydrogen-bond donors (Lipinski definition) is 0. The van der Waals surface area contributed by atoms with E-state index in [1.165, 1.54) is 193 Å². The van der Waals surface area contributed by atoms with Crippen LogP contribution in [0.15, 0.2) is 109 Å². The molecule has 6 heteroatoms. The molecule has 0 heterocycles. The van der Waals surface area contributed by atoms with Gasteiger partial charge in [0.15, 0.2) is 6.10 Å². The third-order valence-corrected chi connectivity index (χ3v) is 15.2. The van der Waals surface area contributed by atoms with Gasteiger partial charge in [-0.1, -0.05) is 310 Å². The van der Waals surface area contributed by atoms with Gasteiger partial charge in [0.2, 0.25) is 0 Å². The Morgan fingerprint density at radius 3 is 0.771 bits per heavy atom. The van der Waals surface area contributed by atoms with Crippen LogP contribution in [0.3, 0.4) is 0 Å². The highest BCUT2D eigenvalue weighted by Crippen LogP contribution is 2.17. The van der Waals surface area contributed by atoms with Crippen LogP contribution in [0.1, 0.15) is 342 Å². The number of allylic oxidation sites excluding steroid dienone is 18. The first kappa shape index (κ1) is 79.1. The second-order valence-electron chi connectivity index (χ2n) is 23.4. The summed E-state index contributed by atoms with van der Waals surface area (Å²) in [5, 5.41) is 0. The summed E-state index contributed by atoms with van der Waals surface area (Å²) >= 11 is 0. The molecule has 0 aliphatic heterocycles. The Balaban J connectivity index is 4.26. The maximum Gasteiger partial charge on any atom is 0.306 e. The topological polar surface area (TPSA) is 78.9 Å². The van der Waals surface area contributed by atoms with E-state index in [1.54, 1.807) is 0 Å². The summed E-state index contributed by atoms with van der Waals surface area (Å²) in [6, 6.07) is 0. The van der Waals surface area contributed by atoms with Crippen LogP contribution >= 0.6 is 0 Å². The maximum absolute atomic E-state index is 12.9. The highest BCUT2D eigenvalue weighted by molar-refractivity contribution is 5.71. The lowest BCUT2D eigenvalue weighted by Crippen LogP contribution is -2.30. The fourth-order valence-corrected chi connectivity index (χ4v) is 10.0. The summed E-state index contributed by atoms with van der Waals surface area (Å²) in [4.78, 5) is 38.4. The van der Waals surface area contributed by atoms with E-state index in [0.717, 1.165) is 109 Å². The van der Waals surface area contributed by atoms with Crippen molar-refractivity contribution in [1.29, 1.82) is 0 Å². The number of hydrogen-bond acceptors (Lipinski definition) is 6. The monoisotopic (exact) mass is 1150 g/mol. The van der Waals surface area contributed by atoms with Crippen LogP contribution in [0.5, 0.6) is 0 Å². The van der Waals surface area contributed by atoms with E-state index < -0.39 is 6.10 Å². The van der Waals surface area contributed by atoms with Crippen LogP contribution in [-0.4, -0.2) is 37.2 Å². The minimum absolute atomic E-state index is 0.0895. The average molecular weight is 1150 g/mol. The molecule has 83 heavy (non-hydrogen) atoms. The summed E-state index contributed by atoms with van der Waals surface area (Å²) in [7, 11) is 0. The van der Waals surface area contributed by atoms with E-state index in [9.17, 15) is 14.4 Å². The van der Waals surface area contributed by atoms with Crippen molar-refractivity contribution in [3.63, 3.8) is 0 Å². The number of unbranched alkanes of at least 4 members (excludes halogenated alkanes) is 35. The van der Waals surface area contributed by atoms with Gasteiger partial charge in [-0.2, -0.15) is 0 Å². The largest absolute Gasteiger partial charge is 0.462 e. The standard InChI is InChI=1S/C77H132O6/c1-4-7-10-13-16-19-22-25-28-30-32-33-34-35-36-37-38-39-40-41-42-43-45-46-49-52-55-58-61-64-67-70-76(79)82-73-74(72-81-75(78)69-66-63-60-57-54-51-48-27-24-21-18-15-12-9-6-3)83-77(80)71-68-65-62-59-56-53-50-47-44-31-29-26-23-20-17-14-11-8-5-2/h7,9-10,12,16,18-19,21,25-29,32-33,48,54,57,74H,4-6,8,11,13-15,17,20,22-24,30-31,34-47,49-53,55-56,58-73H2,1-3H3/b10-7-,12-9-,19-16-,21-18-,28-25-,29-26-,33-32-,48-27-,57-54-. The first-order valence-electron chi connectivity index (χ1n) is 35.4. The van der Waals surface area contributed by atoms with Gasteiger partial charge >= 0.3 is 17.9 Å². The van der Waals surface area contributed by atoms with E-state index in [4.69, 9.17) is 14.2 Å². The van der Waals surface area contributed by atoms with E-state index in [1.807, 2.05) is 0 Å². The predicted octanol–water partition coefficient (Wildman–Crippen LogP) is 24.6. The van der Waals surface area contributed by atoms with Crippen molar-refractivity contribution in [2.75, 3.05) is 13.2 Å². The fraction of sp³-hybridized carbons (Fsp3) is 0.727. The van der Waals surface area contributed by atoms with Gasteiger partial charge in [-0.05, 0) is 122 Å². The second kappa shape index (κ2) is 70.6. The van der Waals surface area contributed by atoms with E-state index >= 15 is 0 Å². The van der Waals surface area contributed by atoms with Crippen LogP contribution in [0.4, 0.5) is 0 Å². The highest BCUT2D eigenvalue weighted by Gasteiger charge is 2.19. The first-order valence-corrected chi connectivity index (χ1v) is 35.4. The zero-order valence-corrected chi connectivity index (χ0v) is 54.7. The van der Waals surface area contributed by atoms with Crippen LogP contribution in [0, 0.1) is 0 Å². The predicted molar refractivity (Wildman–Crippen MR) is 362 cm³/mol. The number of carbonyl (C=O) groups is 3. The molecule has 0 spiro atoms. The van der Waals surface area contributed by atoms with Gasteiger partial charge in [0.25, 0.3) is 0 Å². The second-order valence-corrected chi connectivity index (χ2v) is 23.4. The van der Waals surface area contributed by atoms with Crippen LogP contribution in [0.2, 0.25) is 0 Å². The lowest BCUT2D eigenvalue weighted by atomic mass is 10.0. The number of esters is 3. The maximum atomic E-state index is 12.9. The number of carbonyl (C=O) groups excluding carboxylic acids is 3. The third-order valence-electron chi connectivity index (χ3n) is 15.2. The van der Waals surface area contributed by atoms with Crippen molar-refractivity contribution in [3.8, 4) is 0 Å². The molecule has 6 nitrogen and oxygen atoms in total. The van der Waals surface area contributed by atoms with Crippen molar-refractivity contribution in [3.05, 3.63) is 109 Å². The molecule has 0 aromatic carbocycles. The molecule has 0 saturated heterocycles. The SMILES string of the molecule is CC/C=C\C/C=C\C/C=C\C/C=C\CCCCCCCCCCCCCCCCCCCCC(=O)OCC(COC(=O)CCCC/C=C\C/C=C\C/C=C\C/C=C\CC)OC(=O)CCCCCCCCCCC/C=C\CCCCCCCC. The molecular weight excluding hydrogens is 1020 g/mol. The van der Waals surface area contributed by atoms with E-state index in [0.29, 0.717) is 19.3 Å². The smallest absolute Gasteiger partial charge is 0.306 e. The van der Waals surface area contributed by atoms with Crippen LogP contribution in [-0.2, 0) is 28.6 Å². The average Bonchev–Trinajstić information content (AvgIpc) is 3.49. The summed E-state index contributed by atoms with van der Waals surface area (Å²) < 4.78 is 16.9. The zero-order valence-electron chi connectivity index (χ0n) is 54.7. The van der Waals surface area contributed by atoms with Crippen molar-refractivity contribution >= 4 is 17.9 Å². The number of ether oxygens (including phenoxy) is 3. The molecule has 0 aliphatic carbocycles. The summed E-state index contributed by atoms with van der Waals surface area (Å²) in [6.07, 6.45) is 97.0. The lowest BCUT2D eigenvalue weighted by molar-refractivity contribution is -0.167. The zero-order chi connectivity index (χ0) is 59.9. The quantitative estimate of drug-likeness (QED) is 0.0261. The molecule has 0 saturated carbocycles. The van der Waals surface area contributed by atoms with Crippen LogP contribution in [0.25, 0.3) is 0 Å². The Labute approximate surface area is 514 Å². The van der Waals surface area contributed by atoms with Gasteiger partial charge in [-0.15, -0.1) is 0 Å². The Morgan fingerprint density at radius 1 is 0.253 bits per heavy atom. The molecule has 0 amide bonds. The molecule has 1 unspecified atom stereocenters. The van der Waals surface area contributed by atoms with Gasteiger partial charge in [0, 0.05) is 19.3 Å². The fourth-order valence-electron chi connectivity index (χ4n) is 10.0. The molecule has 476 valence electrons. The molecule has 1 atom stereocenters.